The van der Waals surface area contributed by atoms with Crippen molar-refractivity contribution < 1.29 is 4.74 Å². The van der Waals surface area contributed by atoms with E-state index in [0.717, 1.165) is 27.5 Å². The van der Waals surface area contributed by atoms with E-state index >= 15 is 0 Å². The molecule has 0 saturated carbocycles. The summed E-state index contributed by atoms with van der Waals surface area (Å²) in [5.74, 6) is 0.886. The summed E-state index contributed by atoms with van der Waals surface area (Å²) >= 11 is 6.06. The molecule has 0 unspecified atom stereocenters. The van der Waals surface area contributed by atoms with Crippen molar-refractivity contribution in [2.45, 2.75) is 27.3 Å². The van der Waals surface area contributed by atoms with Gasteiger partial charge in [0.05, 0.1) is 6.61 Å². The van der Waals surface area contributed by atoms with Gasteiger partial charge in [-0.05, 0) is 38.0 Å². The van der Waals surface area contributed by atoms with Crippen molar-refractivity contribution in [3.63, 3.8) is 0 Å². The molecule has 2 N–H and O–H groups in total. The van der Waals surface area contributed by atoms with Crippen molar-refractivity contribution >= 4 is 11.6 Å². The predicted octanol–water partition coefficient (Wildman–Crippen LogP) is 2.81. The highest BCUT2D eigenvalue weighted by atomic mass is 35.5. The van der Waals surface area contributed by atoms with Gasteiger partial charge in [0, 0.05) is 17.1 Å². The molecule has 0 aliphatic carbocycles. The average molecular weight is 214 g/mol. The van der Waals surface area contributed by atoms with Crippen LogP contribution in [0.5, 0.6) is 5.75 Å². The molecule has 1 aromatic rings. The summed E-state index contributed by atoms with van der Waals surface area (Å²) in [6, 6.07) is 1.92. The van der Waals surface area contributed by atoms with E-state index in [2.05, 4.69) is 0 Å². The Labute approximate surface area is 90.0 Å². The van der Waals surface area contributed by atoms with E-state index < -0.39 is 0 Å². The molecule has 3 heteroatoms. The lowest BCUT2D eigenvalue weighted by molar-refractivity contribution is 0.334. The van der Waals surface area contributed by atoms with Crippen LogP contribution >= 0.6 is 11.6 Å². The third-order valence-corrected chi connectivity index (χ3v) is 2.67. The number of aryl methyl sites for hydroxylation is 1. The number of hydrogen-bond donors (Lipinski definition) is 1. The molecule has 0 atom stereocenters. The highest BCUT2D eigenvalue weighted by Gasteiger charge is 2.11. The number of ether oxygens (including phenoxy) is 1. The van der Waals surface area contributed by atoms with Crippen molar-refractivity contribution in [2.75, 3.05) is 6.61 Å². The number of rotatable bonds is 3. The molecule has 2 nitrogen and oxygen atoms in total. The standard InChI is InChI=1S/C11H16ClNO/c1-4-14-11-7(2)5-10(12)8(3)9(11)6-13/h5H,4,6,13H2,1-3H3. The van der Waals surface area contributed by atoms with Gasteiger partial charge in [-0.1, -0.05) is 11.6 Å². The summed E-state index contributed by atoms with van der Waals surface area (Å²) in [4.78, 5) is 0. The van der Waals surface area contributed by atoms with Crippen molar-refractivity contribution in [1.29, 1.82) is 0 Å². The van der Waals surface area contributed by atoms with Crippen LogP contribution in [-0.2, 0) is 6.54 Å². The van der Waals surface area contributed by atoms with Gasteiger partial charge in [-0.15, -0.1) is 0 Å². The van der Waals surface area contributed by atoms with Crippen LogP contribution in [0.3, 0.4) is 0 Å². The second-order valence-electron chi connectivity index (χ2n) is 3.25. The normalized spacial score (nSPS) is 10.4. The summed E-state index contributed by atoms with van der Waals surface area (Å²) in [7, 11) is 0. The van der Waals surface area contributed by atoms with Crippen molar-refractivity contribution in [1.82, 2.24) is 0 Å². The van der Waals surface area contributed by atoms with E-state index in [1.165, 1.54) is 0 Å². The predicted molar refractivity (Wildman–Crippen MR) is 60.0 cm³/mol. The quantitative estimate of drug-likeness (QED) is 0.838. The molecule has 0 saturated heterocycles. The molecule has 0 aliphatic rings. The number of nitrogens with two attached hydrogens (primary N) is 1. The maximum absolute atomic E-state index is 6.06. The van der Waals surface area contributed by atoms with E-state index in [4.69, 9.17) is 22.1 Å². The van der Waals surface area contributed by atoms with Crippen LogP contribution < -0.4 is 10.5 Å². The number of halogens is 1. The maximum atomic E-state index is 6.06. The molecule has 0 aromatic heterocycles. The van der Waals surface area contributed by atoms with E-state index in [9.17, 15) is 0 Å². The Morgan fingerprint density at radius 1 is 1.43 bits per heavy atom. The first-order valence-electron chi connectivity index (χ1n) is 4.73. The summed E-state index contributed by atoms with van der Waals surface area (Å²) in [5, 5.41) is 0.756. The van der Waals surface area contributed by atoms with Gasteiger partial charge in [0.1, 0.15) is 5.75 Å². The Morgan fingerprint density at radius 2 is 2.07 bits per heavy atom. The Morgan fingerprint density at radius 3 is 2.57 bits per heavy atom. The van der Waals surface area contributed by atoms with E-state index in [1.54, 1.807) is 0 Å². The number of benzene rings is 1. The fraction of sp³-hybridized carbons (Fsp3) is 0.455. The van der Waals surface area contributed by atoms with Gasteiger partial charge < -0.3 is 10.5 Å². The second kappa shape index (κ2) is 4.67. The maximum Gasteiger partial charge on any atom is 0.127 e. The zero-order chi connectivity index (χ0) is 10.7. The van der Waals surface area contributed by atoms with Gasteiger partial charge in [-0.3, -0.25) is 0 Å². The summed E-state index contributed by atoms with van der Waals surface area (Å²) in [6.07, 6.45) is 0. The van der Waals surface area contributed by atoms with Gasteiger partial charge in [-0.2, -0.15) is 0 Å². The highest BCUT2D eigenvalue weighted by Crippen LogP contribution is 2.31. The molecule has 0 fully saturated rings. The van der Waals surface area contributed by atoms with Crippen molar-refractivity contribution in [3.8, 4) is 5.75 Å². The molecule has 0 spiro atoms. The Hall–Kier alpha value is -0.730. The molecule has 78 valence electrons. The first-order valence-corrected chi connectivity index (χ1v) is 5.11. The lowest BCUT2D eigenvalue weighted by atomic mass is 10.0. The summed E-state index contributed by atoms with van der Waals surface area (Å²) in [6.45, 7) is 7.02. The molecule has 0 radical (unpaired) electrons. The van der Waals surface area contributed by atoms with Crippen LogP contribution in [0.25, 0.3) is 0 Å². The summed E-state index contributed by atoms with van der Waals surface area (Å²) in [5.41, 5.74) is 8.75. The average Bonchev–Trinajstić information content (AvgIpc) is 2.15. The minimum Gasteiger partial charge on any atom is -0.493 e. The topological polar surface area (TPSA) is 35.2 Å². The fourth-order valence-electron chi connectivity index (χ4n) is 1.51. The molecule has 1 aromatic carbocycles. The van der Waals surface area contributed by atoms with E-state index in [1.807, 2.05) is 26.8 Å². The van der Waals surface area contributed by atoms with E-state index in [0.29, 0.717) is 13.2 Å². The van der Waals surface area contributed by atoms with Crippen LogP contribution in [0.15, 0.2) is 6.07 Å². The van der Waals surface area contributed by atoms with Gasteiger partial charge in [0.25, 0.3) is 0 Å². The minimum absolute atomic E-state index is 0.461. The molecule has 0 amide bonds. The lowest BCUT2D eigenvalue weighted by Crippen LogP contribution is -2.06. The van der Waals surface area contributed by atoms with Gasteiger partial charge in [0.15, 0.2) is 0 Å². The van der Waals surface area contributed by atoms with Crippen LogP contribution in [-0.4, -0.2) is 6.61 Å². The van der Waals surface area contributed by atoms with Gasteiger partial charge in [-0.25, -0.2) is 0 Å². The first-order chi connectivity index (χ1) is 6.61. The molecule has 0 heterocycles. The Bertz CT molecular complexity index is 337. The smallest absolute Gasteiger partial charge is 0.127 e. The van der Waals surface area contributed by atoms with Crippen molar-refractivity contribution in [2.24, 2.45) is 5.73 Å². The first kappa shape index (κ1) is 11.3. The fourth-order valence-corrected chi connectivity index (χ4v) is 1.79. The molecular formula is C11H16ClNO. The molecule has 0 aliphatic heterocycles. The zero-order valence-electron chi connectivity index (χ0n) is 8.86. The Kier molecular flexibility index (Phi) is 3.78. The van der Waals surface area contributed by atoms with Crippen LogP contribution in [0, 0.1) is 13.8 Å². The van der Waals surface area contributed by atoms with Crippen molar-refractivity contribution in [3.05, 3.63) is 27.8 Å². The lowest BCUT2D eigenvalue weighted by Gasteiger charge is -2.15. The highest BCUT2D eigenvalue weighted by molar-refractivity contribution is 6.31. The van der Waals surface area contributed by atoms with Crippen LogP contribution in [0.1, 0.15) is 23.6 Å². The third-order valence-electron chi connectivity index (χ3n) is 2.28. The van der Waals surface area contributed by atoms with E-state index in [-0.39, 0.29) is 0 Å². The third kappa shape index (κ3) is 2.02. The van der Waals surface area contributed by atoms with Crippen LogP contribution in [0.2, 0.25) is 5.02 Å². The molecular weight excluding hydrogens is 198 g/mol. The van der Waals surface area contributed by atoms with Gasteiger partial charge >= 0.3 is 0 Å². The van der Waals surface area contributed by atoms with Gasteiger partial charge in [0.2, 0.25) is 0 Å². The Balaban J connectivity index is 3.31. The zero-order valence-corrected chi connectivity index (χ0v) is 9.61. The molecule has 1 rings (SSSR count). The molecule has 14 heavy (non-hydrogen) atoms. The van der Waals surface area contributed by atoms with Crippen LogP contribution in [0.4, 0.5) is 0 Å². The monoisotopic (exact) mass is 213 g/mol. The summed E-state index contributed by atoms with van der Waals surface area (Å²) < 4.78 is 5.56. The minimum atomic E-state index is 0.461. The molecule has 0 bridgehead atoms. The largest absolute Gasteiger partial charge is 0.493 e. The SMILES string of the molecule is CCOc1c(C)cc(Cl)c(C)c1CN. The second-order valence-corrected chi connectivity index (χ2v) is 3.65. The number of hydrogen-bond acceptors (Lipinski definition) is 2.